The molecule has 160 valence electrons. The maximum absolute atomic E-state index is 12.3. The molecule has 4 rings (SSSR count). The Morgan fingerprint density at radius 2 is 1.81 bits per heavy atom. The Morgan fingerprint density at radius 1 is 1.06 bits per heavy atom. The van der Waals surface area contributed by atoms with Crippen molar-refractivity contribution in [2.24, 2.45) is 5.10 Å². The lowest BCUT2D eigenvalue weighted by molar-refractivity contribution is -0.123. The third kappa shape index (κ3) is 4.34. The largest absolute Gasteiger partial charge is 0.483 e. The van der Waals surface area contributed by atoms with Crippen molar-refractivity contribution in [1.82, 2.24) is 5.43 Å². The van der Waals surface area contributed by atoms with Gasteiger partial charge in [0, 0.05) is 5.56 Å². The Hall–Kier alpha value is -3.14. The molecule has 0 aliphatic heterocycles. The number of nitrogens with zero attached hydrogens (tertiary/aromatic N) is 1. The Morgan fingerprint density at radius 3 is 2.52 bits per heavy atom. The SMILES string of the molecule is C/C(=N\NC(=O)COc1ccc(C(C)(C)C)cc1C)c1ccc2c3c(cccc13)CC2. The van der Waals surface area contributed by atoms with E-state index in [0.29, 0.717) is 0 Å². The first-order valence-electron chi connectivity index (χ1n) is 10.8. The highest BCUT2D eigenvalue weighted by molar-refractivity contribution is 6.11. The summed E-state index contributed by atoms with van der Waals surface area (Å²) in [7, 11) is 0. The minimum atomic E-state index is -0.274. The molecule has 4 heteroatoms. The van der Waals surface area contributed by atoms with Gasteiger partial charge in [0.25, 0.3) is 5.91 Å². The number of hydrazone groups is 1. The number of rotatable bonds is 5. The first-order valence-corrected chi connectivity index (χ1v) is 10.8. The van der Waals surface area contributed by atoms with Gasteiger partial charge in [-0.2, -0.15) is 5.10 Å². The Labute approximate surface area is 184 Å². The van der Waals surface area contributed by atoms with Crippen LogP contribution in [-0.2, 0) is 23.1 Å². The second-order valence-electron chi connectivity index (χ2n) is 9.36. The predicted molar refractivity (Wildman–Crippen MR) is 127 cm³/mol. The van der Waals surface area contributed by atoms with Gasteiger partial charge in [0.05, 0.1) is 5.71 Å². The molecule has 0 atom stereocenters. The van der Waals surface area contributed by atoms with E-state index in [9.17, 15) is 4.79 Å². The third-order valence-corrected chi connectivity index (χ3v) is 6.01. The summed E-state index contributed by atoms with van der Waals surface area (Å²) in [5.41, 5.74) is 9.61. The van der Waals surface area contributed by atoms with Crippen molar-refractivity contribution in [3.05, 3.63) is 76.3 Å². The molecule has 0 saturated carbocycles. The summed E-state index contributed by atoms with van der Waals surface area (Å²) in [6.07, 6.45) is 2.19. The van der Waals surface area contributed by atoms with Crippen LogP contribution in [0.4, 0.5) is 0 Å². The highest BCUT2D eigenvalue weighted by atomic mass is 16.5. The fourth-order valence-electron chi connectivity index (χ4n) is 4.22. The van der Waals surface area contributed by atoms with E-state index in [4.69, 9.17) is 4.74 Å². The summed E-state index contributed by atoms with van der Waals surface area (Å²) in [6.45, 7) is 10.4. The van der Waals surface area contributed by atoms with Crippen molar-refractivity contribution in [2.45, 2.75) is 52.9 Å². The molecule has 0 aromatic heterocycles. The van der Waals surface area contributed by atoms with Crippen LogP contribution in [0.15, 0.2) is 53.6 Å². The number of nitrogens with one attached hydrogen (secondary N) is 1. The molecule has 1 aliphatic carbocycles. The van der Waals surface area contributed by atoms with E-state index in [1.165, 1.54) is 27.5 Å². The molecule has 0 heterocycles. The third-order valence-electron chi connectivity index (χ3n) is 6.01. The van der Waals surface area contributed by atoms with Crippen molar-refractivity contribution < 1.29 is 9.53 Å². The first-order chi connectivity index (χ1) is 14.7. The molecule has 1 amide bonds. The van der Waals surface area contributed by atoms with Crippen molar-refractivity contribution in [3.63, 3.8) is 0 Å². The highest BCUT2D eigenvalue weighted by Crippen LogP contribution is 2.33. The van der Waals surface area contributed by atoms with Crippen molar-refractivity contribution in [3.8, 4) is 5.75 Å². The molecule has 31 heavy (non-hydrogen) atoms. The molecular weight excluding hydrogens is 384 g/mol. The lowest BCUT2D eigenvalue weighted by Crippen LogP contribution is -2.26. The van der Waals surface area contributed by atoms with E-state index in [-0.39, 0.29) is 17.9 Å². The molecule has 0 saturated heterocycles. The summed E-state index contributed by atoms with van der Waals surface area (Å²) in [4.78, 5) is 12.3. The summed E-state index contributed by atoms with van der Waals surface area (Å²) >= 11 is 0. The van der Waals surface area contributed by atoms with E-state index >= 15 is 0 Å². The van der Waals surface area contributed by atoms with Crippen LogP contribution < -0.4 is 10.2 Å². The monoisotopic (exact) mass is 414 g/mol. The van der Waals surface area contributed by atoms with Gasteiger partial charge in [-0.05, 0) is 71.2 Å². The van der Waals surface area contributed by atoms with Crippen LogP contribution in [-0.4, -0.2) is 18.2 Å². The molecule has 1 aliphatic rings. The second kappa shape index (κ2) is 8.18. The van der Waals surface area contributed by atoms with Crippen LogP contribution in [0.1, 0.15) is 55.5 Å². The summed E-state index contributed by atoms with van der Waals surface area (Å²) < 4.78 is 5.73. The van der Waals surface area contributed by atoms with Gasteiger partial charge in [-0.25, -0.2) is 5.43 Å². The average molecular weight is 415 g/mol. The van der Waals surface area contributed by atoms with Gasteiger partial charge < -0.3 is 4.74 Å². The first kappa shape index (κ1) is 21.1. The van der Waals surface area contributed by atoms with E-state index in [2.05, 4.69) is 73.8 Å². The zero-order valence-electron chi connectivity index (χ0n) is 19.0. The summed E-state index contributed by atoms with van der Waals surface area (Å²) in [5, 5.41) is 6.89. The molecule has 3 aromatic rings. The number of hydrogen-bond donors (Lipinski definition) is 1. The molecule has 0 fully saturated rings. The summed E-state index contributed by atoms with van der Waals surface area (Å²) in [5.74, 6) is 0.445. The van der Waals surface area contributed by atoms with Crippen LogP contribution in [0.25, 0.3) is 10.8 Å². The van der Waals surface area contributed by atoms with Crippen LogP contribution in [0, 0.1) is 6.92 Å². The number of aryl methyl sites for hydroxylation is 3. The smallest absolute Gasteiger partial charge is 0.277 e. The maximum Gasteiger partial charge on any atom is 0.277 e. The van der Waals surface area contributed by atoms with Crippen molar-refractivity contribution >= 4 is 22.4 Å². The number of hydrogen-bond acceptors (Lipinski definition) is 3. The summed E-state index contributed by atoms with van der Waals surface area (Å²) in [6, 6.07) is 16.8. The number of carbonyl (C=O) groups excluding carboxylic acids is 1. The topological polar surface area (TPSA) is 50.7 Å². The number of benzene rings is 3. The van der Waals surface area contributed by atoms with E-state index in [0.717, 1.165) is 35.4 Å². The lowest BCUT2D eigenvalue weighted by Gasteiger charge is -2.20. The van der Waals surface area contributed by atoms with Crippen LogP contribution in [0.5, 0.6) is 5.75 Å². The number of carbonyl (C=O) groups is 1. The van der Waals surface area contributed by atoms with Crippen LogP contribution in [0.3, 0.4) is 0 Å². The van der Waals surface area contributed by atoms with Gasteiger partial charge in [-0.15, -0.1) is 0 Å². The average Bonchev–Trinajstić information content (AvgIpc) is 3.15. The van der Waals surface area contributed by atoms with Gasteiger partial charge in [0.1, 0.15) is 5.75 Å². The van der Waals surface area contributed by atoms with E-state index in [1.807, 2.05) is 19.9 Å². The van der Waals surface area contributed by atoms with Gasteiger partial charge in [0.2, 0.25) is 0 Å². The second-order valence-corrected chi connectivity index (χ2v) is 9.36. The quantitative estimate of drug-likeness (QED) is 0.445. The Kier molecular flexibility index (Phi) is 5.57. The molecule has 3 aromatic carbocycles. The van der Waals surface area contributed by atoms with Gasteiger partial charge in [-0.3, -0.25) is 4.79 Å². The van der Waals surface area contributed by atoms with Crippen LogP contribution in [0.2, 0.25) is 0 Å². The molecular formula is C27H30N2O2. The van der Waals surface area contributed by atoms with Gasteiger partial charge in [-0.1, -0.05) is 63.2 Å². The molecule has 0 spiro atoms. The maximum atomic E-state index is 12.3. The normalized spacial score (nSPS) is 13.5. The Bertz CT molecular complexity index is 1180. The fraction of sp³-hybridized carbons (Fsp3) is 0.333. The lowest BCUT2D eigenvalue weighted by atomic mass is 9.86. The van der Waals surface area contributed by atoms with Crippen LogP contribution >= 0.6 is 0 Å². The van der Waals surface area contributed by atoms with Crippen molar-refractivity contribution in [2.75, 3.05) is 6.61 Å². The molecule has 0 radical (unpaired) electrons. The number of amides is 1. The van der Waals surface area contributed by atoms with E-state index in [1.54, 1.807) is 0 Å². The van der Waals surface area contributed by atoms with Crippen molar-refractivity contribution in [1.29, 1.82) is 0 Å². The highest BCUT2D eigenvalue weighted by Gasteiger charge is 2.17. The van der Waals surface area contributed by atoms with Gasteiger partial charge >= 0.3 is 0 Å². The standard InChI is InChI=1S/C27H30N2O2/c1-17-15-21(27(3,4)5)12-14-24(17)31-16-25(30)29-28-18(2)22-13-11-20-10-9-19-7-6-8-23(22)26(19)20/h6-8,11-15H,9-10,16H2,1-5H3,(H,29,30)/b28-18+. The molecule has 0 bridgehead atoms. The van der Waals surface area contributed by atoms with Gasteiger partial charge in [0.15, 0.2) is 6.61 Å². The fourth-order valence-corrected chi connectivity index (χ4v) is 4.22. The van der Waals surface area contributed by atoms with E-state index < -0.39 is 0 Å². The number of ether oxygens (including phenoxy) is 1. The molecule has 1 N–H and O–H groups in total. The minimum absolute atomic E-state index is 0.0731. The zero-order valence-corrected chi connectivity index (χ0v) is 19.0. The molecule has 4 nitrogen and oxygen atoms in total. The zero-order chi connectivity index (χ0) is 22.2. The molecule has 0 unspecified atom stereocenters. The Balaban J connectivity index is 1.43. The predicted octanol–water partition coefficient (Wildman–Crippen LogP) is 5.46. The minimum Gasteiger partial charge on any atom is -0.483 e.